The lowest BCUT2D eigenvalue weighted by atomic mass is 9.98. The van der Waals surface area contributed by atoms with Gasteiger partial charge in [0.25, 0.3) is 5.91 Å². The van der Waals surface area contributed by atoms with Crippen molar-refractivity contribution in [2.24, 2.45) is 0 Å². The molecule has 2 aromatic carbocycles. The Bertz CT molecular complexity index is 1360. The number of aromatic nitrogens is 2. The van der Waals surface area contributed by atoms with Crippen molar-refractivity contribution in [2.75, 3.05) is 16.8 Å². The van der Waals surface area contributed by atoms with Crippen molar-refractivity contribution in [1.29, 1.82) is 0 Å². The first-order chi connectivity index (χ1) is 17.2. The van der Waals surface area contributed by atoms with E-state index in [4.69, 9.17) is 0 Å². The number of amides is 3. The fraction of sp³-hybridized carbons (Fsp3) is 0.357. The quantitative estimate of drug-likeness (QED) is 0.556. The minimum Gasteiger partial charge on any atom is -0.315 e. The fourth-order valence-electron chi connectivity index (χ4n) is 5.50. The van der Waals surface area contributed by atoms with E-state index in [-0.39, 0.29) is 24.1 Å². The lowest BCUT2D eigenvalue weighted by Gasteiger charge is -2.48. The van der Waals surface area contributed by atoms with E-state index in [1.165, 1.54) is 0 Å². The highest BCUT2D eigenvalue weighted by molar-refractivity contribution is 6.10. The predicted octanol–water partition coefficient (Wildman–Crippen LogP) is 4.52. The second-order valence-corrected chi connectivity index (χ2v) is 10.0. The van der Waals surface area contributed by atoms with Gasteiger partial charge in [-0.1, -0.05) is 18.2 Å². The van der Waals surface area contributed by atoms with Crippen LogP contribution in [0, 0.1) is 20.8 Å². The molecule has 186 valence electrons. The first kappa shape index (κ1) is 23.8. The van der Waals surface area contributed by atoms with Gasteiger partial charge in [0.05, 0.1) is 22.6 Å². The van der Waals surface area contributed by atoms with Crippen molar-refractivity contribution in [2.45, 2.75) is 59.0 Å². The average Bonchev–Trinajstić information content (AvgIpc) is 3.34. The zero-order valence-corrected chi connectivity index (χ0v) is 21.2. The van der Waals surface area contributed by atoms with Crippen LogP contribution in [-0.2, 0) is 9.59 Å². The summed E-state index contributed by atoms with van der Waals surface area (Å²) in [6.45, 7) is 8.28. The molecule has 1 aromatic heterocycles. The van der Waals surface area contributed by atoms with Gasteiger partial charge in [0.2, 0.25) is 11.8 Å². The summed E-state index contributed by atoms with van der Waals surface area (Å²) in [4.78, 5) is 42.5. The normalized spacial score (nSPS) is 18.9. The molecule has 8 nitrogen and oxygen atoms in total. The molecule has 0 saturated carbocycles. The number of para-hydroxylation sites is 1. The van der Waals surface area contributed by atoms with Crippen LogP contribution >= 0.6 is 0 Å². The van der Waals surface area contributed by atoms with Gasteiger partial charge >= 0.3 is 0 Å². The Morgan fingerprint density at radius 1 is 1.06 bits per heavy atom. The molecule has 0 bridgehead atoms. The van der Waals surface area contributed by atoms with Crippen LogP contribution in [0.25, 0.3) is 5.69 Å². The Hall–Kier alpha value is -3.94. The maximum atomic E-state index is 13.4. The molecule has 2 aliphatic rings. The highest BCUT2D eigenvalue weighted by Gasteiger charge is 2.52. The number of hydrogen-bond acceptors (Lipinski definition) is 4. The van der Waals surface area contributed by atoms with Crippen LogP contribution in [0.5, 0.6) is 0 Å². The van der Waals surface area contributed by atoms with E-state index in [0.29, 0.717) is 42.9 Å². The van der Waals surface area contributed by atoms with Gasteiger partial charge in [-0.15, -0.1) is 0 Å². The number of hydrogen-bond donors (Lipinski definition) is 1. The lowest BCUT2D eigenvalue weighted by Crippen LogP contribution is -2.62. The molecule has 0 aliphatic carbocycles. The van der Waals surface area contributed by atoms with Crippen LogP contribution in [0.15, 0.2) is 48.5 Å². The van der Waals surface area contributed by atoms with E-state index in [1.54, 1.807) is 20.5 Å². The standard InChI is InChI=1S/C28H31N5O3/c1-18-14-19(2)16-21(15-18)33-24(17-20(3)30-33)29-25(34)10-7-13-31-27(36)22-8-5-6-9-23(22)32-26(35)11-12-28(31,32)4/h5-6,8-9,14-17H,7,10-13H2,1-4H3,(H,29,34). The molecule has 36 heavy (non-hydrogen) atoms. The van der Waals surface area contributed by atoms with Gasteiger partial charge in [0, 0.05) is 25.5 Å². The zero-order chi connectivity index (χ0) is 25.6. The zero-order valence-electron chi connectivity index (χ0n) is 21.2. The molecular formula is C28H31N5O3. The number of aryl methyl sites for hydroxylation is 3. The molecule has 3 amide bonds. The van der Waals surface area contributed by atoms with E-state index < -0.39 is 5.66 Å². The summed E-state index contributed by atoms with van der Waals surface area (Å²) in [5, 5.41) is 7.56. The van der Waals surface area contributed by atoms with Crippen molar-refractivity contribution in [1.82, 2.24) is 14.7 Å². The third kappa shape index (κ3) is 4.06. The van der Waals surface area contributed by atoms with Crippen LogP contribution in [0.1, 0.15) is 59.8 Å². The Kier molecular flexibility index (Phi) is 5.90. The summed E-state index contributed by atoms with van der Waals surface area (Å²) in [6, 6.07) is 15.3. The molecule has 1 N–H and O–H groups in total. The summed E-state index contributed by atoms with van der Waals surface area (Å²) in [5.74, 6) is 0.401. The summed E-state index contributed by atoms with van der Waals surface area (Å²) in [5.41, 5.74) is 4.44. The maximum absolute atomic E-state index is 13.4. The second-order valence-electron chi connectivity index (χ2n) is 10.0. The first-order valence-electron chi connectivity index (χ1n) is 12.4. The molecule has 1 atom stereocenters. The average molecular weight is 486 g/mol. The Morgan fingerprint density at radius 2 is 1.78 bits per heavy atom. The maximum Gasteiger partial charge on any atom is 0.257 e. The van der Waals surface area contributed by atoms with Crippen molar-refractivity contribution >= 4 is 29.2 Å². The Morgan fingerprint density at radius 3 is 2.53 bits per heavy atom. The van der Waals surface area contributed by atoms with Crippen molar-refractivity contribution in [3.05, 3.63) is 70.9 Å². The van der Waals surface area contributed by atoms with Crippen molar-refractivity contribution < 1.29 is 14.4 Å². The molecule has 5 rings (SSSR count). The van der Waals surface area contributed by atoms with Gasteiger partial charge in [0.1, 0.15) is 11.5 Å². The number of fused-ring (bicyclic) bond motifs is 3. The van der Waals surface area contributed by atoms with Crippen LogP contribution in [-0.4, -0.2) is 44.6 Å². The highest BCUT2D eigenvalue weighted by Crippen LogP contribution is 2.44. The molecule has 3 heterocycles. The molecule has 0 radical (unpaired) electrons. The van der Waals surface area contributed by atoms with Gasteiger partial charge in [-0.25, -0.2) is 4.68 Å². The minimum absolute atomic E-state index is 0.0233. The van der Waals surface area contributed by atoms with E-state index in [9.17, 15) is 14.4 Å². The third-order valence-corrected chi connectivity index (χ3v) is 7.08. The number of nitrogens with one attached hydrogen (secondary N) is 1. The molecule has 3 aromatic rings. The SMILES string of the molecule is Cc1cc(C)cc(-n2nc(C)cc2NC(=O)CCCN2C(=O)c3ccccc3N3C(=O)CCC23C)c1. The van der Waals surface area contributed by atoms with Crippen LogP contribution < -0.4 is 10.2 Å². The summed E-state index contributed by atoms with van der Waals surface area (Å²) in [7, 11) is 0. The summed E-state index contributed by atoms with van der Waals surface area (Å²) < 4.78 is 1.75. The molecule has 8 heteroatoms. The number of carbonyl (C=O) groups excluding carboxylic acids is 3. The number of benzene rings is 2. The molecule has 1 unspecified atom stereocenters. The Labute approximate surface area is 210 Å². The molecule has 1 fully saturated rings. The summed E-state index contributed by atoms with van der Waals surface area (Å²) >= 11 is 0. The van der Waals surface area contributed by atoms with Gasteiger partial charge in [-0.2, -0.15) is 5.10 Å². The molecule has 0 spiro atoms. The fourth-order valence-corrected chi connectivity index (χ4v) is 5.50. The second kappa shape index (κ2) is 8.93. The highest BCUT2D eigenvalue weighted by atomic mass is 16.2. The van der Waals surface area contributed by atoms with Gasteiger partial charge in [0.15, 0.2) is 0 Å². The topological polar surface area (TPSA) is 87.5 Å². The monoisotopic (exact) mass is 485 g/mol. The van der Waals surface area contributed by atoms with Crippen LogP contribution in [0.3, 0.4) is 0 Å². The third-order valence-electron chi connectivity index (χ3n) is 7.08. The molecular weight excluding hydrogens is 454 g/mol. The predicted molar refractivity (Wildman–Crippen MR) is 138 cm³/mol. The summed E-state index contributed by atoms with van der Waals surface area (Å²) in [6.07, 6.45) is 1.70. The van der Waals surface area contributed by atoms with Gasteiger partial charge in [-0.3, -0.25) is 19.3 Å². The minimum atomic E-state index is -0.711. The first-order valence-corrected chi connectivity index (χ1v) is 12.4. The Balaban J connectivity index is 1.29. The number of nitrogens with zero attached hydrogens (tertiary/aromatic N) is 4. The van der Waals surface area contributed by atoms with E-state index in [1.807, 2.05) is 64.1 Å². The van der Waals surface area contributed by atoms with Crippen molar-refractivity contribution in [3.8, 4) is 5.69 Å². The molecule has 2 aliphatic heterocycles. The van der Waals surface area contributed by atoms with Gasteiger partial charge < -0.3 is 10.2 Å². The van der Waals surface area contributed by atoms with E-state index in [0.717, 1.165) is 22.5 Å². The van der Waals surface area contributed by atoms with E-state index >= 15 is 0 Å². The van der Waals surface area contributed by atoms with E-state index in [2.05, 4.69) is 16.5 Å². The van der Waals surface area contributed by atoms with Crippen LogP contribution in [0.4, 0.5) is 11.5 Å². The largest absolute Gasteiger partial charge is 0.315 e. The van der Waals surface area contributed by atoms with Gasteiger partial charge in [-0.05, 0) is 75.9 Å². The van der Waals surface area contributed by atoms with Crippen LogP contribution in [0.2, 0.25) is 0 Å². The molecule has 1 saturated heterocycles. The van der Waals surface area contributed by atoms with Crippen molar-refractivity contribution in [3.63, 3.8) is 0 Å². The number of anilines is 2. The smallest absolute Gasteiger partial charge is 0.257 e. The number of rotatable bonds is 6. The lowest BCUT2D eigenvalue weighted by molar-refractivity contribution is -0.118. The number of carbonyl (C=O) groups is 3.